The number of carbonyl (C=O) groups is 1. The Morgan fingerprint density at radius 2 is 1.86 bits per heavy atom. The molecule has 2 fully saturated rings. The number of benzene rings is 1. The van der Waals surface area contributed by atoms with Gasteiger partial charge in [-0.3, -0.25) is 4.79 Å². The van der Waals surface area contributed by atoms with E-state index in [2.05, 4.69) is 29.6 Å². The SMILES string of the molecule is NCC1(C(=O)NCC2(Sc3ccccc3)CC2)CCOCC1. The third kappa shape index (κ3) is 3.47. The van der Waals surface area contributed by atoms with Crippen LogP contribution in [-0.4, -0.2) is 37.0 Å². The number of hydrogen-bond donors (Lipinski definition) is 2. The number of hydrogen-bond acceptors (Lipinski definition) is 4. The van der Waals surface area contributed by atoms with Crippen LogP contribution in [0.4, 0.5) is 0 Å². The smallest absolute Gasteiger partial charge is 0.227 e. The summed E-state index contributed by atoms with van der Waals surface area (Å²) in [7, 11) is 0. The average Bonchev–Trinajstić information content (AvgIpc) is 3.34. The van der Waals surface area contributed by atoms with Crippen molar-refractivity contribution in [2.75, 3.05) is 26.3 Å². The van der Waals surface area contributed by atoms with Gasteiger partial charge in [0, 0.05) is 35.9 Å². The number of carbonyl (C=O) groups excluding carboxylic acids is 1. The first-order valence-electron chi connectivity index (χ1n) is 7.98. The van der Waals surface area contributed by atoms with Crippen LogP contribution in [0.3, 0.4) is 0 Å². The molecule has 1 aliphatic heterocycles. The molecule has 4 nitrogen and oxygen atoms in total. The van der Waals surface area contributed by atoms with Crippen molar-refractivity contribution >= 4 is 17.7 Å². The predicted molar refractivity (Wildman–Crippen MR) is 88.8 cm³/mol. The standard InChI is InChI=1S/C17H24N2O2S/c18-12-16(8-10-21-11-9-16)15(20)19-13-17(6-7-17)22-14-4-2-1-3-5-14/h1-5H,6-13,18H2,(H,19,20). The summed E-state index contributed by atoms with van der Waals surface area (Å²) in [5.74, 6) is 0.109. The summed E-state index contributed by atoms with van der Waals surface area (Å²) in [6.45, 7) is 2.40. The maximum absolute atomic E-state index is 12.6. The van der Waals surface area contributed by atoms with E-state index in [1.807, 2.05) is 17.8 Å². The second kappa shape index (κ2) is 6.60. The van der Waals surface area contributed by atoms with Crippen molar-refractivity contribution in [1.82, 2.24) is 5.32 Å². The summed E-state index contributed by atoms with van der Waals surface area (Å²) in [5, 5.41) is 3.17. The Labute approximate surface area is 136 Å². The molecule has 1 saturated heterocycles. The molecular formula is C17H24N2O2S. The Kier molecular flexibility index (Phi) is 4.76. The van der Waals surface area contributed by atoms with Gasteiger partial charge in [-0.1, -0.05) is 18.2 Å². The highest BCUT2D eigenvalue weighted by Crippen LogP contribution is 2.51. The van der Waals surface area contributed by atoms with Gasteiger partial charge in [-0.05, 0) is 37.8 Å². The summed E-state index contributed by atoms with van der Waals surface area (Å²) in [6.07, 6.45) is 3.78. The molecule has 5 heteroatoms. The van der Waals surface area contributed by atoms with Crippen molar-refractivity contribution in [3.05, 3.63) is 30.3 Å². The van der Waals surface area contributed by atoms with Gasteiger partial charge in [0.2, 0.25) is 5.91 Å². The second-order valence-corrected chi connectivity index (χ2v) is 7.92. The van der Waals surface area contributed by atoms with Crippen LogP contribution in [0.2, 0.25) is 0 Å². The van der Waals surface area contributed by atoms with E-state index in [0.717, 1.165) is 32.2 Å². The average molecular weight is 320 g/mol. The Balaban J connectivity index is 1.56. The summed E-state index contributed by atoms with van der Waals surface area (Å²) in [6, 6.07) is 10.4. The first-order chi connectivity index (χ1) is 10.7. The minimum atomic E-state index is -0.425. The highest BCUT2D eigenvalue weighted by atomic mass is 32.2. The molecule has 1 saturated carbocycles. The van der Waals surface area contributed by atoms with Gasteiger partial charge in [-0.2, -0.15) is 0 Å². The largest absolute Gasteiger partial charge is 0.381 e. The van der Waals surface area contributed by atoms with E-state index in [4.69, 9.17) is 10.5 Å². The molecule has 0 unspecified atom stereocenters. The number of rotatable bonds is 6. The quantitative estimate of drug-likeness (QED) is 0.843. The lowest BCUT2D eigenvalue weighted by Gasteiger charge is -2.35. The van der Waals surface area contributed by atoms with Crippen molar-refractivity contribution in [1.29, 1.82) is 0 Å². The third-order valence-corrected chi connectivity index (χ3v) is 6.27. The predicted octanol–water partition coefficient (Wildman–Crippen LogP) is 2.18. The van der Waals surface area contributed by atoms with Crippen LogP contribution in [0.25, 0.3) is 0 Å². The van der Waals surface area contributed by atoms with Gasteiger partial charge < -0.3 is 15.8 Å². The summed E-state index contributed by atoms with van der Waals surface area (Å²) < 4.78 is 5.55. The highest BCUT2D eigenvalue weighted by molar-refractivity contribution is 8.01. The van der Waals surface area contributed by atoms with E-state index in [-0.39, 0.29) is 10.7 Å². The number of nitrogens with two attached hydrogens (primary N) is 1. The monoisotopic (exact) mass is 320 g/mol. The fourth-order valence-electron chi connectivity index (χ4n) is 2.91. The van der Waals surface area contributed by atoms with Crippen LogP contribution in [0.5, 0.6) is 0 Å². The molecule has 120 valence electrons. The van der Waals surface area contributed by atoms with Crippen molar-refractivity contribution in [2.24, 2.45) is 11.1 Å². The number of ether oxygens (including phenoxy) is 1. The lowest BCUT2D eigenvalue weighted by molar-refractivity contribution is -0.135. The number of nitrogens with one attached hydrogen (secondary N) is 1. The lowest BCUT2D eigenvalue weighted by atomic mass is 9.79. The van der Waals surface area contributed by atoms with Gasteiger partial charge in [0.25, 0.3) is 0 Å². The first kappa shape index (κ1) is 15.8. The zero-order valence-corrected chi connectivity index (χ0v) is 13.7. The topological polar surface area (TPSA) is 64.4 Å². The van der Waals surface area contributed by atoms with E-state index < -0.39 is 5.41 Å². The molecule has 0 atom stereocenters. The van der Waals surface area contributed by atoms with Gasteiger partial charge in [-0.15, -0.1) is 11.8 Å². The Morgan fingerprint density at radius 3 is 2.45 bits per heavy atom. The van der Waals surface area contributed by atoms with E-state index in [9.17, 15) is 4.79 Å². The maximum atomic E-state index is 12.6. The number of amides is 1. The molecular weight excluding hydrogens is 296 g/mol. The highest BCUT2D eigenvalue weighted by Gasteiger charge is 2.46. The molecule has 22 heavy (non-hydrogen) atoms. The van der Waals surface area contributed by atoms with E-state index in [1.54, 1.807) is 0 Å². The van der Waals surface area contributed by atoms with Gasteiger partial charge >= 0.3 is 0 Å². The van der Waals surface area contributed by atoms with Crippen molar-refractivity contribution < 1.29 is 9.53 Å². The van der Waals surface area contributed by atoms with Crippen LogP contribution >= 0.6 is 11.8 Å². The van der Waals surface area contributed by atoms with Gasteiger partial charge in [-0.25, -0.2) is 0 Å². The van der Waals surface area contributed by atoms with E-state index >= 15 is 0 Å². The van der Waals surface area contributed by atoms with Crippen LogP contribution in [0.15, 0.2) is 35.2 Å². The van der Waals surface area contributed by atoms with Crippen LogP contribution in [0.1, 0.15) is 25.7 Å². The molecule has 1 aliphatic carbocycles. The van der Waals surface area contributed by atoms with Crippen LogP contribution in [-0.2, 0) is 9.53 Å². The summed E-state index contributed by atoms with van der Waals surface area (Å²) >= 11 is 1.88. The van der Waals surface area contributed by atoms with Gasteiger partial charge in [0.15, 0.2) is 0 Å². The van der Waals surface area contributed by atoms with Crippen molar-refractivity contribution in [3.8, 4) is 0 Å². The molecule has 3 rings (SSSR count). The fourth-order valence-corrected chi connectivity index (χ4v) is 4.15. The van der Waals surface area contributed by atoms with Gasteiger partial charge in [0.1, 0.15) is 0 Å². The zero-order chi connectivity index (χ0) is 15.5. The summed E-state index contributed by atoms with van der Waals surface area (Å²) in [5.41, 5.74) is 5.47. The van der Waals surface area contributed by atoms with Gasteiger partial charge in [0.05, 0.1) is 5.41 Å². The molecule has 2 aliphatic rings. The molecule has 0 spiro atoms. The molecule has 1 amide bonds. The van der Waals surface area contributed by atoms with E-state index in [1.165, 1.54) is 4.90 Å². The van der Waals surface area contributed by atoms with E-state index in [0.29, 0.717) is 19.8 Å². The fraction of sp³-hybridized carbons (Fsp3) is 0.588. The molecule has 0 bridgehead atoms. The molecule has 0 aromatic heterocycles. The number of thioether (sulfide) groups is 1. The minimum absolute atomic E-state index is 0.109. The van der Waals surface area contributed by atoms with Crippen LogP contribution in [0, 0.1) is 5.41 Å². The first-order valence-corrected chi connectivity index (χ1v) is 8.80. The molecule has 3 N–H and O–H groups in total. The molecule has 1 aromatic carbocycles. The Bertz CT molecular complexity index is 511. The summed E-state index contributed by atoms with van der Waals surface area (Å²) in [4.78, 5) is 13.9. The van der Waals surface area contributed by atoms with Crippen molar-refractivity contribution in [3.63, 3.8) is 0 Å². The second-order valence-electron chi connectivity index (χ2n) is 6.38. The molecule has 0 radical (unpaired) electrons. The Morgan fingerprint density at radius 1 is 1.18 bits per heavy atom. The molecule has 1 aromatic rings. The normalized spacial score (nSPS) is 22.0. The lowest BCUT2D eigenvalue weighted by Crippen LogP contribution is -2.50. The third-order valence-electron chi connectivity index (χ3n) is 4.78. The molecule has 1 heterocycles. The zero-order valence-electron chi connectivity index (χ0n) is 12.8. The van der Waals surface area contributed by atoms with Crippen molar-refractivity contribution in [2.45, 2.75) is 35.3 Å². The van der Waals surface area contributed by atoms with Crippen LogP contribution < -0.4 is 11.1 Å². The Hall–Kier alpha value is -1.04. The maximum Gasteiger partial charge on any atom is 0.227 e. The minimum Gasteiger partial charge on any atom is -0.381 e.